The molecule has 0 saturated heterocycles. The van der Waals surface area contributed by atoms with Gasteiger partial charge >= 0.3 is 0 Å². The van der Waals surface area contributed by atoms with Crippen molar-refractivity contribution in [1.29, 1.82) is 0 Å². The van der Waals surface area contributed by atoms with E-state index in [1.54, 1.807) is 0 Å². The molecule has 0 bridgehead atoms. The van der Waals surface area contributed by atoms with Crippen LogP contribution in [-0.4, -0.2) is 37.1 Å². The van der Waals surface area contributed by atoms with Crippen molar-refractivity contribution in [3.63, 3.8) is 0 Å². The third-order valence-corrected chi connectivity index (χ3v) is 3.09. The summed E-state index contributed by atoms with van der Waals surface area (Å²) in [4.78, 5) is 2.60. The Morgan fingerprint density at radius 1 is 1.36 bits per heavy atom. The lowest BCUT2D eigenvalue weighted by Gasteiger charge is -2.22. The van der Waals surface area contributed by atoms with Crippen molar-refractivity contribution in [3.8, 4) is 0 Å². The van der Waals surface area contributed by atoms with E-state index in [1.165, 1.54) is 38.9 Å². The average molecular weight is 198 g/mol. The molecule has 0 amide bonds. The zero-order chi connectivity index (χ0) is 10.4. The number of rotatable bonds is 8. The van der Waals surface area contributed by atoms with Crippen LogP contribution in [0.15, 0.2) is 0 Å². The summed E-state index contributed by atoms with van der Waals surface area (Å²) in [6.45, 7) is 11.7. The molecule has 0 aromatic carbocycles. The third-order valence-electron chi connectivity index (χ3n) is 3.09. The number of hydrogen-bond donors (Lipinski definition) is 1. The Kier molecular flexibility index (Phi) is 5.49. The van der Waals surface area contributed by atoms with E-state index in [0.717, 1.165) is 12.5 Å². The second kappa shape index (κ2) is 6.41. The molecular weight excluding hydrogens is 172 g/mol. The first-order chi connectivity index (χ1) is 6.76. The van der Waals surface area contributed by atoms with Crippen LogP contribution in [0, 0.1) is 5.92 Å². The van der Waals surface area contributed by atoms with Gasteiger partial charge in [0.1, 0.15) is 0 Å². The van der Waals surface area contributed by atoms with Crippen LogP contribution in [0.3, 0.4) is 0 Å². The predicted molar refractivity (Wildman–Crippen MR) is 62.6 cm³/mol. The first kappa shape index (κ1) is 12.0. The maximum absolute atomic E-state index is 3.47. The first-order valence-corrected chi connectivity index (χ1v) is 6.22. The molecule has 0 aromatic rings. The second-order valence-electron chi connectivity index (χ2n) is 4.58. The molecule has 1 N–H and O–H groups in total. The Hall–Kier alpha value is -0.0800. The normalized spacial score (nSPS) is 18.9. The maximum atomic E-state index is 3.47. The largest absolute Gasteiger partial charge is 0.314 e. The molecule has 0 radical (unpaired) electrons. The van der Waals surface area contributed by atoms with Gasteiger partial charge in [-0.1, -0.05) is 13.8 Å². The fourth-order valence-electron chi connectivity index (χ4n) is 1.87. The molecule has 0 heterocycles. The van der Waals surface area contributed by atoms with Crippen molar-refractivity contribution in [2.75, 3.05) is 26.2 Å². The monoisotopic (exact) mass is 198 g/mol. The SMILES string of the molecule is CCNC(C)CCN(CC)CC1CC1. The Bertz CT molecular complexity index is 143. The van der Waals surface area contributed by atoms with Gasteiger partial charge in [0.2, 0.25) is 0 Å². The van der Waals surface area contributed by atoms with Gasteiger partial charge in [-0.15, -0.1) is 0 Å². The summed E-state index contributed by atoms with van der Waals surface area (Å²) in [5.41, 5.74) is 0. The van der Waals surface area contributed by atoms with Gasteiger partial charge in [-0.05, 0) is 51.7 Å². The second-order valence-corrected chi connectivity index (χ2v) is 4.58. The molecule has 1 unspecified atom stereocenters. The van der Waals surface area contributed by atoms with Crippen LogP contribution in [0.2, 0.25) is 0 Å². The molecule has 84 valence electrons. The quantitative estimate of drug-likeness (QED) is 0.642. The molecular formula is C12H26N2. The van der Waals surface area contributed by atoms with Crippen LogP contribution < -0.4 is 5.32 Å². The molecule has 2 heteroatoms. The molecule has 14 heavy (non-hydrogen) atoms. The summed E-state index contributed by atoms with van der Waals surface area (Å²) < 4.78 is 0. The van der Waals surface area contributed by atoms with Gasteiger partial charge in [0.15, 0.2) is 0 Å². The molecule has 1 aliphatic carbocycles. The van der Waals surface area contributed by atoms with Gasteiger partial charge in [-0.25, -0.2) is 0 Å². The zero-order valence-electron chi connectivity index (χ0n) is 10.1. The fraction of sp³-hybridized carbons (Fsp3) is 1.00. The van der Waals surface area contributed by atoms with Gasteiger partial charge in [-0.3, -0.25) is 0 Å². The van der Waals surface area contributed by atoms with Crippen LogP contribution in [0.1, 0.15) is 40.0 Å². The van der Waals surface area contributed by atoms with E-state index in [-0.39, 0.29) is 0 Å². The van der Waals surface area contributed by atoms with Gasteiger partial charge in [0.25, 0.3) is 0 Å². The molecule has 0 aliphatic heterocycles. The van der Waals surface area contributed by atoms with Crippen LogP contribution in [0.5, 0.6) is 0 Å². The van der Waals surface area contributed by atoms with Gasteiger partial charge in [0, 0.05) is 12.6 Å². The minimum absolute atomic E-state index is 0.674. The van der Waals surface area contributed by atoms with E-state index in [2.05, 4.69) is 31.0 Å². The predicted octanol–water partition coefficient (Wildman–Crippen LogP) is 2.11. The minimum Gasteiger partial charge on any atom is -0.314 e. The third kappa shape index (κ3) is 4.97. The average Bonchev–Trinajstić information content (AvgIpc) is 2.96. The van der Waals surface area contributed by atoms with E-state index in [0.29, 0.717) is 6.04 Å². The number of nitrogens with one attached hydrogen (secondary N) is 1. The highest BCUT2D eigenvalue weighted by atomic mass is 15.1. The summed E-state index contributed by atoms with van der Waals surface area (Å²) >= 11 is 0. The minimum atomic E-state index is 0.674. The van der Waals surface area contributed by atoms with Crippen LogP contribution in [-0.2, 0) is 0 Å². The summed E-state index contributed by atoms with van der Waals surface area (Å²) in [6, 6.07) is 0.674. The summed E-state index contributed by atoms with van der Waals surface area (Å²) in [5, 5.41) is 3.47. The molecule has 1 saturated carbocycles. The van der Waals surface area contributed by atoms with Crippen LogP contribution in [0.4, 0.5) is 0 Å². The van der Waals surface area contributed by atoms with Crippen molar-refractivity contribution >= 4 is 0 Å². The molecule has 1 aliphatic rings. The lowest BCUT2D eigenvalue weighted by molar-refractivity contribution is 0.261. The van der Waals surface area contributed by atoms with E-state index >= 15 is 0 Å². The Balaban J connectivity index is 2.06. The van der Waals surface area contributed by atoms with Gasteiger partial charge in [0.05, 0.1) is 0 Å². The highest BCUT2D eigenvalue weighted by molar-refractivity contribution is 4.77. The van der Waals surface area contributed by atoms with Crippen LogP contribution in [0.25, 0.3) is 0 Å². The highest BCUT2D eigenvalue weighted by Gasteiger charge is 2.23. The van der Waals surface area contributed by atoms with Crippen molar-refractivity contribution < 1.29 is 0 Å². The van der Waals surface area contributed by atoms with E-state index in [9.17, 15) is 0 Å². The topological polar surface area (TPSA) is 15.3 Å². The van der Waals surface area contributed by atoms with E-state index in [1.807, 2.05) is 0 Å². The number of hydrogen-bond acceptors (Lipinski definition) is 2. The van der Waals surface area contributed by atoms with Gasteiger partial charge < -0.3 is 10.2 Å². The van der Waals surface area contributed by atoms with Crippen LogP contribution >= 0.6 is 0 Å². The van der Waals surface area contributed by atoms with E-state index in [4.69, 9.17) is 0 Å². The fourth-order valence-corrected chi connectivity index (χ4v) is 1.87. The molecule has 0 spiro atoms. The summed E-state index contributed by atoms with van der Waals surface area (Å²) in [7, 11) is 0. The Morgan fingerprint density at radius 2 is 2.07 bits per heavy atom. The van der Waals surface area contributed by atoms with Crippen molar-refractivity contribution in [2.24, 2.45) is 5.92 Å². The Labute approximate surface area is 89.1 Å². The lowest BCUT2D eigenvalue weighted by atomic mass is 10.2. The number of nitrogens with zero attached hydrogens (tertiary/aromatic N) is 1. The molecule has 1 atom stereocenters. The molecule has 1 rings (SSSR count). The van der Waals surface area contributed by atoms with Gasteiger partial charge in [-0.2, -0.15) is 0 Å². The van der Waals surface area contributed by atoms with Crippen molar-refractivity contribution in [2.45, 2.75) is 46.1 Å². The first-order valence-electron chi connectivity index (χ1n) is 6.22. The zero-order valence-corrected chi connectivity index (χ0v) is 10.1. The Morgan fingerprint density at radius 3 is 2.57 bits per heavy atom. The standard InChI is InChI=1S/C12H26N2/c1-4-13-11(3)8-9-14(5-2)10-12-6-7-12/h11-13H,4-10H2,1-3H3. The summed E-state index contributed by atoms with van der Waals surface area (Å²) in [6.07, 6.45) is 4.23. The molecule has 0 aromatic heterocycles. The lowest BCUT2D eigenvalue weighted by Crippen LogP contribution is -2.33. The molecule has 2 nitrogen and oxygen atoms in total. The van der Waals surface area contributed by atoms with Crippen molar-refractivity contribution in [3.05, 3.63) is 0 Å². The van der Waals surface area contributed by atoms with Crippen molar-refractivity contribution in [1.82, 2.24) is 10.2 Å². The molecule has 1 fully saturated rings. The smallest absolute Gasteiger partial charge is 0.00507 e. The summed E-state index contributed by atoms with van der Waals surface area (Å²) in [5.74, 6) is 1.03. The maximum Gasteiger partial charge on any atom is 0.00507 e. The highest BCUT2D eigenvalue weighted by Crippen LogP contribution is 2.29. The van der Waals surface area contributed by atoms with E-state index < -0.39 is 0 Å².